The molecular weight excluding hydrogens is 402 g/mol. The number of benzene rings is 2. The van der Waals surface area contributed by atoms with Crippen molar-refractivity contribution in [3.05, 3.63) is 65.6 Å². The molecule has 1 heterocycles. The molecule has 0 fully saturated rings. The van der Waals surface area contributed by atoms with Crippen LogP contribution in [0.25, 0.3) is 11.3 Å². The summed E-state index contributed by atoms with van der Waals surface area (Å²) in [5.41, 5.74) is 2.49. The number of carbonyl (C=O) groups is 1. The maximum Gasteiger partial charge on any atom is 0.241 e. The molecule has 158 valence electrons. The Balaban J connectivity index is 1.70. The summed E-state index contributed by atoms with van der Waals surface area (Å²) < 4.78 is 10.8. The lowest BCUT2D eigenvalue weighted by molar-refractivity contribution is -0.118. The van der Waals surface area contributed by atoms with Gasteiger partial charge in [0.15, 0.2) is 12.2 Å². The summed E-state index contributed by atoms with van der Waals surface area (Å²) in [5, 5.41) is 7.04. The molecule has 0 saturated carbocycles. The number of carbonyl (C=O) groups excluding carboxylic acids is 1. The lowest BCUT2D eigenvalue weighted by Gasteiger charge is -2.21. The van der Waals surface area contributed by atoms with Crippen molar-refractivity contribution in [2.45, 2.75) is 32.9 Å². The van der Waals surface area contributed by atoms with Crippen LogP contribution in [0, 0.1) is 5.92 Å². The minimum Gasteiger partial charge on any atom is -0.496 e. The fourth-order valence-corrected chi connectivity index (χ4v) is 3.27. The molecule has 0 saturated heterocycles. The minimum atomic E-state index is -0.333. The quantitative estimate of drug-likeness (QED) is 0.494. The van der Waals surface area contributed by atoms with Crippen LogP contribution in [-0.4, -0.2) is 24.0 Å². The van der Waals surface area contributed by atoms with E-state index in [1.165, 1.54) is 6.39 Å². The zero-order chi connectivity index (χ0) is 21.5. The predicted molar refractivity (Wildman–Crippen MR) is 119 cm³/mol. The van der Waals surface area contributed by atoms with Gasteiger partial charge in [0.1, 0.15) is 5.75 Å². The maximum atomic E-state index is 13.0. The highest BCUT2D eigenvalue weighted by molar-refractivity contribution is 6.30. The number of anilines is 1. The van der Waals surface area contributed by atoms with Crippen LogP contribution in [0.4, 0.5) is 5.69 Å². The van der Waals surface area contributed by atoms with Gasteiger partial charge in [-0.3, -0.25) is 4.79 Å². The molecule has 1 atom stereocenters. The molecule has 0 bridgehead atoms. The molecule has 0 aliphatic rings. The molecule has 3 rings (SSSR count). The second-order valence-electron chi connectivity index (χ2n) is 7.46. The smallest absolute Gasteiger partial charge is 0.241 e. The molecule has 2 aromatic carbocycles. The first-order chi connectivity index (χ1) is 14.5. The molecule has 0 aliphatic heterocycles. The molecule has 0 radical (unpaired) electrons. The van der Waals surface area contributed by atoms with E-state index in [1.54, 1.807) is 19.4 Å². The first kappa shape index (κ1) is 21.9. The topological polar surface area (TPSA) is 76.4 Å². The maximum absolute atomic E-state index is 13.0. The van der Waals surface area contributed by atoms with Gasteiger partial charge in [0.2, 0.25) is 5.91 Å². The van der Waals surface area contributed by atoms with Gasteiger partial charge in [0.05, 0.1) is 24.9 Å². The van der Waals surface area contributed by atoms with E-state index < -0.39 is 0 Å². The fourth-order valence-electron chi connectivity index (χ4n) is 3.15. The number of amides is 1. The monoisotopic (exact) mass is 427 g/mol. The third-order valence-corrected chi connectivity index (χ3v) is 4.91. The number of oxazole rings is 1. The van der Waals surface area contributed by atoms with Gasteiger partial charge in [-0.2, -0.15) is 0 Å². The Hall–Kier alpha value is -2.83. The van der Waals surface area contributed by atoms with Gasteiger partial charge in [0.25, 0.3) is 0 Å². The first-order valence-corrected chi connectivity index (χ1v) is 10.2. The van der Waals surface area contributed by atoms with Crippen LogP contribution >= 0.6 is 11.6 Å². The van der Waals surface area contributed by atoms with Gasteiger partial charge in [-0.25, -0.2) is 4.98 Å². The molecular formula is C23H26ClN3O3. The number of hydrogen-bond acceptors (Lipinski definition) is 5. The largest absolute Gasteiger partial charge is 0.496 e. The van der Waals surface area contributed by atoms with Crippen LogP contribution in [0.3, 0.4) is 0 Å². The Bertz CT molecular complexity index is 956. The molecule has 7 heteroatoms. The van der Waals surface area contributed by atoms with Crippen molar-refractivity contribution >= 4 is 23.2 Å². The van der Waals surface area contributed by atoms with Crippen LogP contribution < -0.4 is 15.4 Å². The number of methoxy groups -OCH3 is 1. The number of rotatable bonds is 9. The standard InChI is InChI=1S/C23H26ClN3O3/c1-15(2)10-20(26-12-16-4-6-17(24)7-5-16)23(28)27-18-8-9-19(21(11-18)29-3)22-13-25-14-30-22/h4-9,11,13-15,20,26H,10,12H2,1-3H3,(H,27,28)/t20-/m1/s1. The number of nitrogens with zero attached hydrogens (tertiary/aromatic N) is 1. The van der Waals surface area contributed by atoms with E-state index in [1.807, 2.05) is 36.4 Å². The Kier molecular flexibility index (Phi) is 7.49. The van der Waals surface area contributed by atoms with Crippen LogP contribution in [0.5, 0.6) is 5.75 Å². The predicted octanol–water partition coefficient (Wildman–Crippen LogP) is 5.15. The summed E-state index contributed by atoms with van der Waals surface area (Å²) >= 11 is 5.95. The summed E-state index contributed by atoms with van der Waals surface area (Å²) in [6, 6.07) is 12.7. The third kappa shape index (κ3) is 5.84. The number of aromatic nitrogens is 1. The molecule has 1 aromatic heterocycles. The Morgan fingerprint density at radius 2 is 1.97 bits per heavy atom. The van der Waals surface area contributed by atoms with Gasteiger partial charge >= 0.3 is 0 Å². The van der Waals surface area contributed by atoms with Crippen molar-refractivity contribution in [1.82, 2.24) is 10.3 Å². The summed E-state index contributed by atoms with van der Waals surface area (Å²) in [6.07, 6.45) is 3.70. The second kappa shape index (κ2) is 10.3. The zero-order valence-electron chi connectivity index (χ0n) is 17.3. The Labute approximate surface area is 181 Å². The lowest BCUT2D eigenvalue weighted by Crippen LogP contribution is -2.41. The third-order valence-electron chi connectivity index (χ3n) is 4.66. The molecule has 0 unspecified atom stereocenters. The second-order valence-corrected chi connectivity index (χ2v) is 7.90. The number of halogens is 1. The SMILES string of the molecule is COc1cc(NC(=O)[C@@H](CC(C)C)NCc2ccc(Cl)cc2)ccc1-c1cnco1. The summed E-state index contributed by atoms with van der Waals surface area (Å²) in [5.74, 6) is 1.47. The normalized spacial score (nSPS) is 12.0. The summed E-state index contributed by atoms with van der Waals surface area (Å²) in [6.45, 7) is 4.77. The van der Waals surface area contributed by atoms with E-state index in [0.717, 1.165) is 11.1 Å². The molecule has 2 N–H and O–H groups in total. The average molecular weight is 428 g/mol. The molecule has 0 spiro atoms. The van der Waals surface area contributed by atoms with Crippen molar-refractivity contribution in [2.75, 3.05) is 12.4 Å². The van der Waals surface area contributed by atoms with Gasteiger partial charge in [-0.1, -0.05) is 37.6 Å². The van der Waals surface area contributed by atoms with Crippen LogP contribution in [0.2, 0.25) is 5.02 Å². The van der Waals surface area contributed by atoms with Gasteiger partial charge in [0, 0.05) is 23.3 Å². The fraction of sp³-hybridized carbons (Fsp3) is 0.304. The number of ether oxygens (including phenoxy) is 1. The van der Waals surface area contributed by atoms with Gasteiger partial charge < -0.3 is 19.8 Å². The van der Waals surface area contributed by atoms with Crippen LogP contribution in [0.15, 0.2) is 59.5 Å². The van der Waals surface area contributed by atoms with Gasteiger partial charge in [-0.05, 0) is 42.2 Å². The van der Waals surface area contributed by atoms with E-state index >= 15 is 0 Å². The summed E-state index contributed by atoms with van der Waals surface area (Å²) in [7, 11) is 1.58. The highest BCUT2D eigenvalue weighted by atomic mass is 35.5. The molecule has 6 nitrogen and oxygen atoms in total. The van der Waals surface area contributed by atoms with Crippen molar-refractivity contribution in [3.63, 3.8) is 0 Å². The first-order valence-electron chi connectivity index (χ1n) is 9.82. The molecule has 30 heavy (non-hydrogen) atoms. The van der Waals surface area contributed by atoms with Crippen LogP contribution in [0.1, 0.15) is 25.8 Å². The van der Waals surface area contributed by atoms with E-state index in [2.05, 4.69) is 29.5 Å². The lowest BCUT2D eigenvalue weighted by atomic mass is 10.0. The van der Waals surface area contributed by atoms with Gasteiger partial charge in [-0.15, -0.1) is 0 Å². The summed E-state index contributed by atoms with van der Waals surface area (Å²) in [4.78, 5) is 16.9. The van der Waals surface area contributed by atoms with E-state index in [0.29, 0.717) is 41.1 Å². The van der Waals surface area contributed by atoms with Crippen molar-refractivity contribution < 1.29 is 13.9 Å². The number of hydrogen-bond donors (Lipinski definition) is 2. The minimum absolute atomic E-state index is 0.0906. The highest BCUT2D eigenvalue weighted by Crippen LogP contribution is 2.32. The Morgan fingerprint density at radius 3 is 2.60 bits per heavy atom. The zero-order valence-corrected chi connectivity index (χ0v) is 18.1. The number of nitrogens with one attached hydrogen (secondary N) is 2. The van der Waals surface area contributed by atoms with Crippen LogP contribution in [-0.2, 0) is 11.3 Å². The van der Waals surface area contributed by atoms with E-state index in [4.69, 9.17) is 20.8 Å². The van der Waals surface area contributed by atoms with Crippen molar-refractivity contribution in [3.8, 4) is 17.1 Å². The highest BCUT2D eigenvalue weighted by Gasteiger charge is 2.20. The van der Waals surface area contributed by atoms with E-state index in [-0.39, 0.29) is 11.9 Å². The molecule has 0 aliphatic carbocycles. The Morgan fingerprint density at radius 1 is 1.20 bits per heavy atom. The average Bonchev–Trinajstić information content (AvgIpc) is 3.26. The molecule has 1 amide bonds. The van der Waals surface area contributed by atoms with Crippen molar-refractivity contribution in [1.29, 1.82) is 0 Å². The molecule has 3 aromatic rings. The van der Waals surface area contributed by atoms with Crippen molar-refractivity contribution in [2.24, 2.45) is 5.92 Å². The van der Waals surface area contributed by atoms with E-state index in [9.17, 15) is 4.79 Å².